The van der Waals surface area contributed by atoms with E-state index < -0.39 is 0 Å². The highest BCUT2D eigenvalue weighted by Gasteiger charge is 2.14. The molecule has 2 N–H and O–H groups in total. The highest BCUT2D eigenvalue weighted by Crippen LogP contribution is 2.15. The number of nitrogens with zero attached hydrogens (tertiary/aromatic N) is 2. The van der Waals surface area contributed by atoms with Crippen molar-refractivity contribution >= 4 is 5.96 Å². The largest absolute Gasteiger partial charge is 0.380 e. The zero-order valence-corrected chi connectivity index (χ0v) is 16.4. The number of unbranched alkanes of at least 4 members (excludes halogenated alkanes) is 1. The van der Waals surface area contributed by atoms with Gasteiger partial charge in [-0.15, -0.1) is 0 Å². The third-order valence-electron chi connectivity index (χ3n) is 4.67. The molecule has 1 aliphatic rings. The van der Waals surface area contributed by atoms with E-state index in [-0.39, 0.29) is 0 Å². The van der Waals surface area contributed by atoms with Gasteiger partial charge in [-0.05, 0) is 63.6 Å². The molecular formula is C19H40N4O. The van der Waals surface area contributed by atoms with E-state index in [4.69, 9.17) is 4.74 Å². The number of aliphatic imine (C=N–C) groups is 1. The molecule has 0 spiro atoms. The molecule has 0 aliphatic carbocycles. The third-order valence-corrected chi connectivity index (χ3v) is 4.67. The van der Waals surface area contributed by atoms with Crippen LogP contribution >= 0.6 is 0 Å². The Balaban J connectivity index is 1.94. The van der Waals surface area contributed by atoms with Gasteiger partial charge in [-0.25, -0.2) is 0 Å². The van der Waals surface area contributed by atoms with E-state index in [2.05, 4.69) is 41.3 Å². The maximum absolute atomic E-state index is 5.61. The van der Waals surface area contributed by atoms with E-state index in [1.165, 1.54) is 45.3 Å². The van der Waals surface area contributed by atoms with Gasteiger partial charge in [0.2, 0.25) is 0 Å². The third kappa shape index (κ3) is 10.9. The Kier molecular flexibility index (Phi) is 11.9. The number of nitrogens with one attached hydrogen (secondary N) is 2. The average molecular weight is 341 g/mol. The first-order chi connectivity index (χ1) is 11.6. The molecule has 0 atom stereocenters. The van der Waals surface area contributed by atoms with Crippen LogP contribution in [0, 0.1) is 11.8 Å². The average Bonchev–Trinajstić information content (AvgIpc) is 2.57. The van der Waals surface area contributed by atoms with Gasteiger partial charge in [-0.2, -0.15) is 0 Å². The predicted molar refractivity (Wildman–Crippen MR) is 104 cm³/mol. The van der Waals surface area contributed by atoms with Gasteiger partial charge in [0.25, 0.3) is 0 Å². The maximum Gasteiger partial charge on any atom is 0.191 e. The lowest BCUT2D eigenvalue weighted by Gasteiger charge is -2.30. The van der Waals surface area contributed by atoms with E-state index in [9.17, 15) is 0 Å². The van der Waals surface area contributed by atoms with Crippen molar-refractivity contribution in [2.24, 2.45) is 16.8 Å². The summed E-state index contributed by atoms with van der Waals surface area (Å²) in [4.78, 5) is 6.87. The second-order valence-electron chi connectivity index (χ2n) is 7.45. The van der Waals surface area contributed by atoms with Gasteiger partial charge < -0.3 is 20.3 Å². The monoisotopic (exact) mass is 340 g/mol. The van der Waals surface area contributed by atoms with Gasteiger partial charge in [0.05, 0.1) is 6.61 Å². The molecule has 1 fully saturated rings. The summed E-state index contributed by atoms with van der Waals surface area (Å²) in [5.74, 6) is 2.52. The van der Waals surface area contributed by atoms with Gasteiger partial charge >= 0.3 is 0 Å². The highest BCUT2D eigenvalue weighted by atomic mass is 16.5. The predicted octanol–water partition coefficient (Wildman–Crippen LogP) is 2.73. The van der Waals surface area contributed by atoms with E-state index in [1.54, 1.807) is 0 Å². The summed E-state index contributed by atoms with van der Waals surface area (Å²) in [5.41, 5.74) is 0. The number of rotatable bonds is 11. The normalized spacial score (nSPS) is 17.5. The van der Waals surface area contributed by atoms with Crippen molar-refractivity contribution in [3.8, 4) is 0 Å². The lowest BCUT2D eigenvalue weighted by atomic mass is 9.99. The molecule has 0 aromatic carbocycles. The first-order valence-corrected chi connectivity index (χ1v) is 9.86. The van der Waals surface area contributed by atoms with Crippen LogP contribution in [0.25, 0.3) is 0 Å². The molecule has 0 saturated carbocycles. The number of ether oxygens (including phenoxy) is 1. The fourth-order valence-corrected chi connectivity index (χ4v) is 2.84. The molecule has 1 aliphatic heterocycles. The first-order valence-electron chi connectivity index (χ1n) is 9.86. The summed E-state index contributed by atoms with van der Waals surface area (Å²) in [7, 11) is 1.82. The fraction of sp³-hybridized carbons (Fsp3) is 0.947. The van der Waals surface area contributed by atoms with Crippen LogP contribution in [0.1, 0.15) is 52.9 Å². The number of piperidine rings is 1. The van der Waals surface area contributed by atoms with Crippen LogP contribution < -0.4 is 10.6 Å². The van der Waals surface area contributed by atoms with Crippen LogP contribution in [0.3, 0.4) is 0 Å². The van der Waals surface area contributed by atoms with Crippen molar-refractivity contribution in [2.45, 2.75) is 52.9 Å². The van der Waals surface area contributed by atoms with Crippen LogP contribution in [-0.2, 0) is 4.74 Å². The van der Waals surface area contributed by atoms with Gasteiger partial charge in [-0.3, -0.25) is 4.99 Å². The number of hydrogen-bond donors (Lipinski definition) is 2. The molecule has 5 nitrogen and oxygen atoms in total. The molecule has 0 aromatic heterocycles. The number of hydrogen-bond acceptors (Lipinski definition) is 3. The van der Waals surface area contributed by atoms with Crippen LogP contribution in [0.15, 0.2) is 4.99 Å². The molecule has 142 valence electrons. The lowest BCUT2D eigenvalue weighted by molar-refractivity contribution is 0.128. The summed E-state index contributed by atoms with van der Waals surface area (Å²) < 4.78 is 5.61. The van der Waals surface area contributed by atoms with E-state index in [0.717, 1.165) is 44.6 Å². The van der Waals surface area contributed by atoms with E-state index in [0.29, 0.717) is 5.92 Å². The standard InChI is InChI=1S/C19H40N4O/c1-17(2)9-15-24-16-11-22-19(20-4)21-10-5-6-12-23-13-7-18(3)8-14-23/h17-18H,5-16H2,1-4H3,(H2,20,21,22). The Morgan fingerprint density at radius 3 is 2.50 bits per heavy atom. The molecule has 0 radical (unpaired) electrons. The summed E-state index contributed by atoms with van der Waals surface area (Å²) in [6.07, 6.45) is 6.32. The van der Waals surface area contributed by atoms with Crippen LogP contribution in [-0.4, -0.2) is 63.8 Å². The SMILES string of the molecule is CN=C(NCCCCN1CCC(C)CC1)NCCOCCC(C)C. The zero-order chi connectivity index (χ0) is 17.6. The first kappa shape index (κ1) is 21.2. The van der Waals surface area contributed by atoms with Crippen molar-refractivity contribution in [1.82, 2.24) is 15.5 Å². The summed E-state index contributed by atoms with van der Waals surface area (Å²) >= 11 is 0. The zero-order valence-electron chi connectivity index (χ0n) is 16.4. The minimum absolute atomic E-state index is 0.709. The van der Waals surface area contributed by atoms with Crippen molar-refractivity contribution in [3.63, 3.8) is 0 Å². The molecule has 24 heavy (non-hydrogen) atoms. The Hall–Kier alpha value is -0.810. The smallest absolute Gasteiger partial charge is 0.191 e. The van der Waals surface area contributed by atoms with Crippen LogP contribution in [0.4, 0.5) is 0 Å². The second kappa shape index (κ2) is 13.5. The Morgan fingerprint density at radius 2 is 1.83 bits per heavy atom. The molecule has 5 heteroatoms. The number of likely N-dealkylation sites (tertiary alicyclic amines) is 1. The highest BCUT2D eigenvalue weighted by molar-refractivity contribution is 5.79. The molecule has 0 unspecified atom stereocenters. The van der Waals surface area contributed by atoms with Crippen molar-refractivity contribution in [1.29, 1.82) is 0 Å². The molecule has 0 bridgehead atoms. The molecule has 1 heterocycles. The molecule has 1 saturated heterocycles. The number of guanidine groups is 1. The fourth-order valence-electron chi connectivity index (χ4n) is 2.84. The second-order valence-corrected chi connectivity index (χ2v) is 7.45. The molecule has 1 rings (SSSR count). The summed E-state index contributed by atoms with van der Waals surface area (Å²) in [6, 6.07) is 0. The van der Waals surface area contributed by atoms with Crippen molar-refractivity contribution in [2.75, 3.05) is 53.0 Å². The van der Waals surface area contributed by atoms with Crippen molar-refractivity contribution < 1.29 is 4.74 Å². The van der Waals surface area contributed by atoms with Gasteiger partial charge in [-0.1, -0.05) is 20.8 Å². The Morgan fingerprint density at radius 1 is 1.12 bits per heavy atom. The van der Waals surface area contributed by atoms with Gasteiger partial charge in [0.15, 0.2) is 5.96 Å². The van der Waals surface area contributed by atoms with Gasteiger partial charge in [0, 0.05) is 26.7 Å². The topological polar surface area (TPSA) is 48.9 Å². The Labute approximate surface area is 149 Å². The Bertz CT molecular complexity index is 325. The summed E-state index contributed by atoms with van der Waals surface area (Å²) in [5, 5.41) is 6.69. The quantitative estimate of drug-likeness (QED) is 0.345. The minimum atomic E-state index is 0.709. The van der Waals surface area contributed by atoms with Crippen LogP contribution in [0.5, 0.6) is 0 Å². The minimum Gasteiger partial charge on any atom is -0.380 e. The lowest BCUT2D eigenvalue weighted by Crippen LogP contribution is -2.39. The maximum atomic E-state index is 5.61. The van der Waals surface area contributed by atoms with Crippen LogP contribution in [0.2, 0.25) is 0 Å². The molecule has 0 amide bonds. The summed E-state index contributed by atoms with van der Waals surface area (Å²) in [6.45, 7) is 14.0. The molecule has 0 aromatic rings. The van der Waals surface area contributed by atoms with E-state index >= 15 is 0 Å². The van der Waals surface area contributed by atoms with Crippen molar-refractivity contribution in [3.05, 3.63) is 0 Å². The van der Waals surface area contributed by atoms with Gasteiger partial charge in [0.1, 0.15) is 0 Å². The van der Waals surface area contributed by atoms with E-state index in [1.807, 2.05) is 7.05 Å². The molecular weight excluding hydrogens is 300 g/mol.